The summed E-state index contributed by atoms with van der Waals surface area (Å²) in [5, 5.41) is 2.53. The van der Waals surface area contributed by atoms with Gasteiger partial charge < -0.3 is 19.9 Å². The van der Waals surface area contributed by atoms with Gasteiger partial charge in [-0.3, -0.25) is 4.79 Å². The number of primary amides is 1. The third-order valence-electron chi connectivity index (χ3n) is 3.88. The molecular weight excluding hydrogens is 352 g/mol. The van der Waals surface area contributed by atoms with Crippen LogP contribution in [0.25, 0.3) is 21.8 Å². The van der Waals surface area contributed by atoms with E-state index in [1.165, 1.54) is 32.7 Å². The predicted molar refractivity (Wildman–Crippen MR) is 101 cm³/mol. The summed E-state index contributed by atoms with van der Waals surface area (Å²) in [7, 11) is 4.49. The van der Waals surface area contributed by atoms with Crippen molar-refractivity contribution in [2.24, 2.45) is 5.73 Å². The van der Waals surface area contributed by atoms with Crippen LogP contribution in [0, 0.1) is 0 Å². The third-order valence-corrected chi connectivity index (χ3v) is 4.74. The highest BCUT2D eigenvalue weighted by atomic mass is 32.1. The van der Waals surface area contributed by atoms with Crippen LogP contribution in [0.5, 0.6) is 17.2 Å². The van der Waals surface area contributed by atoms with Gasteiger partial charge in [0.25, 0.3) is 0 Å². The SMILES string of the molecule is COc1cc(C(N)=O)c(-c2nc(-c3ccccc3)cs2)c(OC)c1OC. The van der Waals surface area contributed by atoms with Crippen molar-refractivity contribution in [3.63, 3.8) is 0 Å². The van der Waals surface area contributed by atoms with Crippen molar-refractivity contribution < 1.29 is 19.0 Å². The smallest absolute Gasteiger partial charge is 0.249 e. The average molecular weight is 370 g/mol. The van der Waals surface area contributed by atoms with Gasteiger partial charge in [0.15, 0.2) is 11.5 Å². The summed E-state index contributed by atoms with van der Waals surface area (Å²) in [4.78, 5) is 16.7. The first-order valence-electron chi connectivity index (χ1n) is 7.74. The van der Waals surface area contributed by atoms with Crippen molar-refractivity contribution in [2.75, 3.05) is 21.3 Å². The number of nitrogens with zero attached hydrogens (tertiary/aromatic N) is 1. The Morgan fingerprint density at radius 1 is 1.04 bits per heavy atom. The number of rotatable bonds is 6. The summed E-state index contributed by atoms with van der Waals surface area (Å²) in [5.74, 6) is 0.499. The quantitative estimate of drug-likeness (QED) is 0.717. The molecule has 134 valence electrons. The Labute approximate surface area is 155 Å². The Morgan fingerprint density at radius 3 is 2.31 bits per heavy atom. The topological polar surface area (TPSA) is 83.7 Å². The number of hydrogen-bond acceptors (Lipinski definition) is 6. The highest BCUT2D eigenvalue weighted by Crippen LogP contribution is 2.47. The molecule has 1 heterocycles. The molecule has 3 rings (SSSR count). The molecule has 0 aliphatic carbocycles. The van der Waals surface area contributed by atoms with Gasteiger partial charge >= 0.3 is 0 Å². The fraction of sp³-hybridized carbons (Fsp3) is 0.158. The molecule has 0 atom stereocenters. The van der Waals surface area contributed by atoms with Crippen LogP contribution in [-0.2, 0) is 0 Å². The number of thiazole rings is 1. The van der Waals surface area contributed by atoms with E-state index >= 15 is 0 Å². The number of carbonyl (C=O) groups is 1. The number of hydrogen-bond donors (Lipinski definition) is 1. The Morgan fingerprint density at radius 2 is 1.73 bits per heavy atom. The Balaban J connectivity index is 2.24. The molecule has 0 saturated carbocycles. The van der Waals surface area contributed by atoms with Gasteiger partial charge in [0.2, 0.25) is 11.7 Å². The minimum Gasteiger partial charge on any atom is -0.493 e. The fourth-order valence-electron chi connectivity index (χ4n) is 2.69. The molecule has 2 N–H and O–H groups in total. The number of carbonyl (C=O) groups excluding carboxylic acids is 1. The summed E-state index contributed by atoms with van der Waals surface area (Å²) in [6, 6.07) is 11.3. The van der Waals surface area contributed by atoms with Crippen LogP contribution < -0.4 is 19.9 Å². The van der Waals surface area contributed by atoms with E-state index in [1.54, 1.807) is 6.07 Å². The number of ether oxygens (including phenoxy) is 3. The molecule has 1 aromatic heterocycles. The highest BCUT2D eigenvalue weighted by Gasteiger charge is 2.26. The summed E-state index contributed by atoms with van der Waals surface area (Å²) in [5.41, 5.74) is 8.13. The molecule has 6 nitrogen and oxygen atoms in total. The predicted octanol–water partition coefficient (Wildman–Crippen LogP) is 3.60. The maximum atomic E-state index is 12.1. The molecule has 0 unspecified atom stereocenters. The minimum absolute atomic E-state index is 0.258. The van der Waals surface area contributed by atoms with Gasteiger partial charge in [0, 0.05) is 10.9 Å². The van der Waals surface area contributed by atoms with Gasteiger partial charge in [0.05, 0.1) is 38.2 Å². The molecule has 0 spiro atoms. The number of nitrogens with two attached hydrogens (primary N) is 1. The maximum absolute atomic E-state index is 12.1. The third kappa shape index (κ3) is 3.09. The van der Waals surface area contributed by atoms with E-state index in [-0.39, 0.29) is 5.56 Å². The molecule has 0 aliphatic rings. The van der Waals surface area contributed by atoms with Crippen molar-refractivity contribution in [3.05, 3.63) is 47.3 Å². The second-order valence-corrected chi connectivity index (χ2v) is 6.19. The number of benzene rings is 2. The van der Waals surface area contributed by atoms with E-state index in [1.807, 2.05) is 35.7 Å². The monoisotopic (exact) mass is 370 g/mol. The molecular formula is C19H18N2O4S. The van der Waals surface area contributed by atoms with Crippen molar-refractivity contribution in [1.29, 1.82) is 0 Å². The lowest BCUT2D eigenvalue weighted by atomic mass is 10.0. The molecule has 2 aromatic carbocycles. The molecule has 0 aliphatic heterocycles. The van der Waals surface area contributed by atoms with Crippen molar-refractivity contribution in [2.45, 2.75) is 0 Å². The molecule has 26 heavy (non-hydrogen) atoms. The van der Waals surface area contributed by atoms with E-state index in [0.29, 0.717) is 27.8 Å². The lowest BCUT2D eigenvalue weighted by molar-refractivity contribution is 0.1000. The van der Waals surface area contributed by atoms with Gasteiger partial charge in [0.1, 0.15) is 5.01 Å². The standard InChI is InChI=1S/C19H18N2O4S/c1-23-14-9-12(18(20)22)15(17(25-3)16(14)24-2)19-21-13(10-26-19)11-7-5-4-6-8-11/h4-10H,1-3H3,(H2,20,22). The molecule has 0 bridgehead atoms. The van der Waals surface area contributed by atoms with Crippen molar-refractivity contribution >= 4 is 17.2 Å². The Hall–Kier alpha value is -3.06. The second-order valence-electron chi connectivity index (χ2n) is 5.34. The van der Waals surface area contributed by atoms with Crippen molar-refractivity contribution in [3.8, 4) is 39.1 Å². The first-order chi connectivity index (χ1) is 12.6. The largest absolute Gasteiger partial charge is 0.493 e. The van der Waals surface area contributed by atoms with Crippen LogP contribution in [0.15, 0.2) is 41.8 Å². The summed E-state index contributed by atoms with van der Waals surface area (Å²) < 4.78 is 16.3. The van der Waals surface area contributed by atoms with E-state index in [4.69, 9.17) is 19.9 Å². The van der Waals surface area contributed by atoms with Gasteiger partial charge in [-0.05, 0) is 6.07 Å². The Kier molecular flexibility index (Phi) is 5.09. The first kappa shape index (κ1) is 17.8. The molecule has 0 saturated heterocycles. The number of methoxy groups -OCH3 is 3. The van der Waals surface area contributed by atoms with E-state index in [0.717, 1.165) is 11.3 Å². The van der Waals surface area contributed by atoms with Gasteiger partial charge in [-0.25, -0.2) is 4.98 Å². The molecule has 0 fully saturated rings. The van der Waals surface area contributed by atoms with E-state index in [2.05, 4.69) is 4.98 Å². The molecule has 3 aromatic rings. The van der Waals surface area contributed by atoms with Gasteiger partial charge in [-0.1, -0.05) is 30.3 Å². The number of aromatic nitrogens is 1. The Bertz CT molecular complexity index is 938. The van der Waals surface area contributed by atoms with Crippen LogP contribution in [0.3, 0.4) is 0 Å². The average Bonchev–Trinajstić information content (AvgIpc) is 3.16. The first-order valence-corrected chi connectivity index (χ1v) is 8.62. The van der Waals surface area contributed by atoms with Crippen LogP contribution in [0.4, 0.5) is 0 Å². The lowest BCUT2D eigenvalue weighted by Gasteiger charge is -2.17. The zero-order chi connectivity index (χ0) is 18.7. The number of amides is 1. The van der Waals surface area contributed by atoms with E-state index in [9.17, 15) is 4.79 Å². The minimum atomic E-state index is -0.601. The van der Waals surface area contributed by atoms with Crippen LogP contribution >= 0.6 is 11.3 Å². The summed E-state index contributed by atoms with van der Waals surface area (Å²) in [6.07, 6.45) is 0. The summed E-state index contributed by atoms with van der Waals surface area (Å²) in [6.45, 7) is 0. The van der Waals surface area contributed by atoms with Gasteiger partial charge in [-0.15, -0.1) is 11.3 Å². The zero-order valence-electron chi connectivity index (χ0n) is 14.6. The maximum Gasteiger partial charge on any atom is 0.249 e. The molecule has 7 heteroatoms. The molecule has 1 amide bonds. The highest BCUT2D eigenvalue weighted by molar-refractivity contribution is 7.13. The van der Waals surface area contributed by atoms with Crippen LogP contribution in [-0.4, -0.2) is 32.2 Å². The van der Waals surface area contributed by atoms with Crippen LogP contribution in [0.2, 0.25) is 0 Å². The lowest BCUT2D eigenvalue weighted by Crippen LogP contribution is -2.14. The molecule has 0 radical (unpaired) electrons. The van der Waals surface area contributed by atoms with E-state index < -0.39 is 5.91 Å². The fourth-order valence-corrected chi connectivity index (χ4v) is 3.58. The van der Waals surface area contributed by atoms with Gasteiger partial charge in [-0.2, -0.15) is 0 Å². The van der Waals surface area contributed by atoms with Crippen molar-refractivity contribution in [1.82, 2.24) is 4.98 Å². The zero-order valence-corrected chi connectivity index (χ0v) is 15.4. The second kappa shape index (κ2) is 7.45. The summed E-state index contributed by atoms with van der Waals surface area (Å²) >= 11 is 1.40. The normalized spacial score (nSPS) is 10.4. The van der Waals surface area contributed by atoms with Crippen LogP contribution in [0.1, 0.15) is 10.4 Å².